The number of hydrogen-bond acceptors (Lipinski definition) is 5. The largest absolute Gasteiger partial charge is 0.507 e. The molecule has 0 radical (unpaired) electrons. The van der Waals surface area contributed by atoms with Crippen molar-refractivity contribution in [2.75, 3.05) is 7.11 Å². The standard InChI is InChI=1S/C22H18Cl2N2O4/c1-29-21-10-14(12-25-26-22(28)17-4-2-3-5-19(17)27)6-9-20(21)30-13-15-7-8-16(23)11-18(15)24/h2-12,27H,13H2,1H3,(H,26,28)/b25-12+. The van der Waals surface area contributed by atoms with Gasteiger partial charge >= 0.3 is 0 Å². The van der Waals surface area contributed by atoms with E-state index in [1.807, 2.05) is 0 Å². The number of hydrazone groups is 1. The number of rotatable bonds is 7. The monoisotopic (exact) mass is 444 g/mol. The lowest BCUT2D eigenvalue weighted by Gasteiger charge is -2.12. The van der Waals surface area contributed by atoms with Crippen LogP contribution in [-0.2, 0) is 6.61 Å². The Balaban J connectivity index is 1.65. The lowest BCUT2D eigenvalue weighted by Crippen LogP contribution is -2.17. The molecule has 2 N–H and O–H groups in total. The zero-order valence-corrected chi connectivity index (χ0v) is 17.4. The van der Waals surface area contributed by atoms with Crippen molar-refractivity contribution >= 4 is 35.3 Å². The molecule has 0 saturated heterocycles. The van der Waals surface area contributed by atoms with Crippen molar-refractivity contribution in [3.8, 4) is 17.2 Å². The molecule has 1 amide bonds. The first-order valence-corrected chi connectivity index (χ1v) is 9.59. The number of hydrogen-bond donors (Lipinski definition) is 2. The number of methoxy groups -OCH3 is 1. The number of aromatic hydroxyl groups is 1. The molecule has 3 aromatic rings. The molecule has 3 aromatic carbocycles. The van der Waals surface area contributed by atoms with E-state index in [9.17, 15) is 9.90 Å². The molecule has 0 unspecified atom stereocenters. The predicted octanol–water partition coefficient (Wildman–Crippen LogP) is 5.05. The molecule has 0 aliphatic heterocycles. The van der Waals surface area contributed by atoms with Gasteiger partial charge in [0.05, 0.1) is 18.9 Å². The molecule has 0 atom stereocenters. The summed E-state index contributed by atoms with van der Waals surface area (Å²) in [5.74, 6) is 0.389. The zero-order chi connectivity index (χ0) is 21.5. The minimum atomic E-state index is -0.517. The van der Waals surface area contributed by atoms with Crippen LogP contribution in [0, 0.1) is 0 Å². The van der Waals surface area contributed by atoms with E-state index in [-0.39, 0.29) is 17.9 Å². The number of benzene rings is 3. The number of phenols is 1. The van der Waals surface area contributed by atoms with E-state index >= 15 is 0 Å². The SMILES string of the molecule is COc1cc(/C=N/NC(=O)c2ccccc2O)ccc1OCc1ccc(Cl)cc1Cl. The van der Waals surface area contributed by atoms with Gasteiger partial charge in [0.25, 0.3) is 5.91 Å². The Hall–Kier alpha value is -3.22. The Labute approximate surface area is 183 Å². The number of carbonyl (C=O) groups excluding carboxylic acids is 1. The van der Waals surface area contributed by atoms with Crippen LogP contribution in [0.15, 0.2) is 65.8 Å². The van der Waals surface area contributed by atoms with Gasteiger partial charge in [0.15, 0.2) is 11.5 Å². The van der Waals surface area contributed by atoms with E-state index in [2.05, 4.69) is 10.5 Å². The molecule has 0 fully saturated rings. The number of carbonyl (C=O) groups is 1. The highest BCUT2D eigenvalue weighted by molar-refractivity contribution is 6.35. The highest BCUT2D eigenvalue weighted by Crippen LogP contribution is 2.29. The van der Waals surface area contributed by atoms with Gasteiger partial charge in [-0.15, -0.1) is 0 Å². The lowest BCUT2D eigenvalue weighted by atomic mass is 10.2. The van der Waals surface area contributed by atoms with E-state index in [1.54, 1.807) is 48.5 Å². The molecule has 0 saturated carbocycles. The minimum absolute atomic E-state index is 0.117. The third kappa shape index (κ3) is 5.43. The van der Waals surface area contributed by atoms with Crippen LogP contribution < -0.4 is 14.9 Å². The summed E-state index contributed by atoms with van der Waals surface area (Å²) in [6.45, 7) is 0.246. The maximum Gasteiger partial charge on any atom is 0.275 e. The van der Waals surface area contributed by atoms with Crippen molar-refractivity contribution in [2.24, 2.45) is 5.10 Å². The van der Waals surface area contributed by atoms with Crippen molar-refractivity contribution in [3.63, 3.8) is 0 Å². The van der Waals surface area contributed by atoms with Gasteiger partial charge in [0, 0.05) is 15.6 Å². The summed E-state index contributed by atoms with van der Waals surface area (Å²) >= 11 is 12.1. The molecule has 0 heterocycles. The quantitative estimate of drug-likeness (QED) is 0.394. The maximum absolute atomic E-state index is 12.1. The summed E-state index contributed by atoms with van der Waals surface area (Å²) in [6, 6.07) is 16.6. The number of halogens is 2. The molecule has 8 heteroatoms. The molecule has 154 valence electrons. The molecule has 0 aliphatic carbocycles. The highest BCUT2D eigenvalue weighted by Gasteiger charge is 2.10. The third-order valence-corrected chi connectivity index (χ3v) is 4.70. The molecule has 0 bridgehead atoms. The minimum Gasteiger partial charge on any atom is -0.507 e. The number of phenolic OH excluding ortho intramolecular Hbond substituents is 1. The van der Waals surface area contributed by atoms with Crippen molar-refractivity contribution in [2.45, 2.75) is 6.61 Å². The first kappa shape index (κ1) is 21.5. The molecule has 6 nitrogen and oxygen atoms in total. The molecule has 0 spiro atoms. The first-order chi connectivity index (χ1) is 14.5. The zero-order valence-electron chi connectivity index (χ0n) is 15.9. The lowest BCUT2D eigenvalue weighted by molar-refractivity contribution is 0.0952. The fourth-order valence-electron chi connectivity index (χ4n) is 2.57. The Morgan fingerprint density at radius 1 is 1.10 bits per heavy atom. The Bertz CT molecular complexity index is 1090. The third-order valence-electron chi connectivity index (χ3n) is 4.11. The topological polar surface area (TPSA) is 80.2 Å². The second-order valence-electron chi connectivity index (χ2n) is 6.15. The normalized spacial score (nSPS) is 10.8. The van der Waals surface area contributed by atoms with Gasteiger partial charge in [-0.05, 0) is 48.0 Å². The van der Waals surface area contributed by atoms with Crippen LogP contribution >= 0.6 is 23.2 Å². The molecule has 0 aliphatic rings. The van der Waals surface area contributed by atoms with Crippen LogP contribution in [0.4, 0.5) is 0 Å². The first-order valence-electron chi connectivity index (χ1n) is 8.84. The van der Waals surface area contributed by atoms with Gasteiger partial charge in [-0.1, -0.05) is 41.4 Å². The van der Waals surface area contributed by atoms with E-state index < -0.39 is 5.91 Å². The number of nitrogens with one attached hydrogen (secondary N) is 1. The maximum atomic E-state index is 12.1. The van der Waals surface area contributed by atoms with Crippen molar-refractivity contribution < 1.29 is 19.4 Å². The van der Waals surface area contributed by atoms with Crippen molar-refractivity contribution in [3.05, 3.63) is 87.4 Å². The fourth-order valence-corrected chi connectivity index (χ4v) is 3.03. The smallest absolute Gasteiger partial charge is 0.275 e. The van der Waals surface area contributed by atoms with E-state index in [0.717, 1.165) is 5.56 Å². The number of para-hydroxylation sites is 1. The van der Waals surface area contributed by atoms with Gasteiger partial charge in [0.1, 0.15) is 12.4 Å². The molecule has 30 heavy (non-hydrogen) atoms. The number of nitrogens with zero attached hydrogens (tertiary/aromatic N) is 1. The summed E-state index contributed by atoms with van der Waals surface area (Å²) in [6.07, 6.45) is 1.46. The van der Waals surface area contributed by atoms with E-state index in [4.69, 9.17) is 32.7 Å². The van der Waals surface area contributed by atoms with Crippen molar-refractivity contribution in [1.29, 1.82) is 0 Å². The fraction of sp³-hybridized carbons (Fsp3) is 0.0909. The average molecular weight is 445 g/mol. The Morgan fingerprint density at radius 2 is 1.90 bits per heavy atom. The molecule has 3 rings (SSSR count). The van der Waals surface area contributed by atoms with Crippen molar-refractivity contribution in [1.82, 2.24) is 5.43 Å². The number of amides is 1. The Morgan fingerprint density at radius 3 is 2.63 bits per heavy atom. The second kappa shape index (κ2) is 10.0. The van der Waals surface area contributed by atoms with Gasteiger partial charge in [0.2, 0.25) is 0 Å². The summed E-state index contributed by atoms with van der Waals surface area (Å²) < 4.78 is 11.2. The van der Waals surface area contributed by atoms with Gasteiger partial charge in [-0.3, -0.25) is 4.79 Å². The summed E-state index contributed by atoms with van der Waals surface area (Å²) in [4.78, 5) is 12.1. The summed E-state index contributed by atoms with van der Waals surface area (Å²) in [5.41, 5.74) is 3.98. The van der Waals surface area contributed by atoms with Crippen LogP contribution in [0.3, 0.4) is 0 Å². The molecular weight excluding hydrogens is 427 g/mol. The average Bonchev–Trinajstić information content (AvgIpc) is 2.73. The second-order valence-corrected chi connectivity index (χ2v) is 6.99. The van der Waals surface area contributed by atoms with Crippen LogP contribution in [0.1, 0.15) is 21.5 Å². The van der Waals surface area contributed by atoms with Crippen LogP contribution in [-0.4, -0.2) is 24.3 Å². The van der Waals surface area contributed by atoms with E-state index in [0.29, 0.717) is 27.1 Å². The summed E-state index contributed by atoms with van der Waals surface area (Å²) in [7, 11) is 1.53. The highest BCUT2D eigenvalue weighted by atomic mass is 35.5. The predicted molar refractivity (Wildman–Crippen MR) is 117 cm³/mol. The molecular formula is C22H18Cl2N2O4. The van der Waals surface area contributed by atoms with Crippen LogP contribution in [0.25, 0.3) is 0 Å². The van der Waals surface area contributed by atoms with Crippen LogP contribution in [0.2, 0.25) is 10.0 Å². The Kier molecular flexibility index (Phi) is 7.17. The summed E-state index contributed by atoms with van der Waals surface area (Å²) in [5, 5.41) is 14.7. The molecule has 0 aromatic heterocycles. The van der Waals surface area contributed by atoms with Gasteiger partial charge < -0.3 is 14.6 Å². The van der Waals surface area contributed by atoms with Crippen LogP contribution in [0.5, 0.6) is 17.2 Å². The van der Waals surface area contributed by atoms with E-state index in [1.165, 1.54) is 25.5 Å². The number of ether oxygens (including phenoxy) is 2. The van der Waals surface area contributed by atoms with Gasteiger partial charge in [-0.25, -0.2) is 5.43 Å². The van der Waals surface area contributed by atoms with Gasteiger partial charge in [-0.2, -0.15) is 5.10 Å².